The fourth-order valence-corrected chi connectivity index (χ4v) is 10.5. The maximum Gasteiger partial charge on any atom is 0.307 e. The molecule has 0 heterocycles. The van der Waals surface area contributed by atoms with Gasteiger partial charge in [0.05, 0.1) is 26.1 Å². The van der Waals surface area contributed by atoms with Gasteiger partial charge in [0.25, 0.3) is 0 Å². The van der Waals surface area contributed by atoms with Crippen molar-refractivity contribution in [3.05, 3.63) is 0 Å². The molecule has 9 heteroatoms. The number of carbonyl (C=O) groups is 3. The van der Waals surface area contributed by atoms with Crippen molar-refractivity contribution in [1.29, 1.82) is 0 Å². The minimum atomic E-state index is -2.11. The first-order valence-electron chi connectivity index (χ1n) is 14.8. The molecular weight excluding hydrogens is 504 g/mol. The first-order chi connectivity index (χ1) is 17.6. The van der Waals surface area contributed by atoms with Gasteiger partial charge in [-0.15, -0.1) is 0 Å². The van der Waals surface area contributed by atoms with Crippen LogP contribution in [0.15, 0.2) is 0 Å². The van der Waals surface area contributed by atoms with E-state index in [1.54, 1.807) is 6.92 Å². The zero-order chi connectivity index (χ0) is 28.4. The Labute approximate surface area is 229 Å². The number of carbonyl (C=O) groups excluding carboxylic acids is 3. The van der Waals surface area contributed by atoms with Crippen molar-refractivity contribution in [3.63, 3.8) is 0 Å². The lowest BCUT2D eigenvalue weighted by Crippen LogP contribution is -2.56. The van der Waals surface area contributed by atoms with Crippen molar-refractivity contribution in [2.45, 2.75) is 148 Å². The van der Waals surface area contributed by atoms with Gasteiger partial charge in [-0.05, 0) is 62.5 Å². The predicted octanol–water partition coefficient (Wildman–Crippen LogP) is 7.19. The summed E-state index contributed by atoms with van der Waals surface area (Å²) < 4.78 is 25.2. The largest absolute Gasteiger partial charge is 0.466 e. The monoisotopic (exact) mass is 560 g/mol. The van der Waals surface area contributed by atoms with Crippen LogP contribution < -0.4 is 0 Å². The molecule has 2 atom stereocenters. The summed E-state index contributed by atoms with van der Waals surface area (Å²) in [4.78, 5) is 36.6. The minimum Gasteiger partial charge on any atom is -0.466 e. The summed E-state index contributed by atoms with van der Waals surface area (Å²) >= 11 is 0. The summed E-state index contributed by atoms with van der Waals surface area (Å²) in [6, 6.07) is 5.93. The molecule has 218 valence electrons. The Hall–Kier alpha value is -1.04. The third-order valence-corrected chi connectivity index (χ3v) is 17.5. The molecule has 0 aliphatic rings. The maximum absolute atomic E-state index is 13.1. The smallest absolute Gasteiger partial charge is 0.307 e. The van der Waals surface area contributed by atoms with Gasteiger partial charge in [0.1, 0.15) is 18.0 Å². The highest BCUT2D eigenvalue weighted by atomic mass is 28.4. The Morgan fingerprint density at radius 1 is 0.784 bits per heavy atom. The molecule has 0 aliphatic heterocycles. The number of aldehydes is 1. The van der Waals surface area contributed by atoms with Crippen molar-refractivity contribution in [1.82, 2.24) is 0 Å². The van der Waals surface area contributed by atoms with Crippen LogP contribution in [0.25, 0.3) is 0 Å². The lowest BCUT2D eigenvalue weighted by Gasteiger charge is -2.45. The second kappa shape index (κ2) is 19.1. The van der Waals surface area contributed by atoms with E-state index in [9.17, 15) is 14.4 Å². The van der Waals surface area contributed by atoms with E-state index in [1.807, 2.05) is 0 Å². The Morgan fingerprint density at radius 2 is 1.32 bits per heavy atom. The van der Waals surface area contributed by atoms with E-state index < -0.39 is 40.3 Å². The normalized spacial score (nSPS) is 14.6. The number of rotatable bonds is 23. The quantitative estimate of drug-likeness (QED) is 0.0742. The molecule has 0 aromatic heterocycles. The molecule has 0 aromatic rings. The third kappa shape index (κ3) is 11.7. The second-order valence-electron chi connectivity index (χ2n) is 10.1. The zero-order valence-corrected chi connectivity index (χ0v) is 27.1. The third-order valence-electron chi connectivity index (χ3n) is 8.18. The molecule has 0 saturated heterocycles. The molecule has 37 heavy (non-hydrogen) atoms. The van der Waals surface area contributed by atoms with Crippen molar-refractivity contribution >= 4 is 34.9 Å². The first kappa shape index (κ1) is 36.0. The van der Waals surface area contributed by atoms with Gasteiger partial charge in [-0.1, -0.05) is 54.9 Å². The minimum absolute atomic E-state index is 0.0265. The summed E-state index contributed by atoms with van der Waals surface area (Å²) in [5.74, 6) is -0.868. The van der Waals surface area contributed by atoms with Crippen LogP contribution in [0.3, 0.4) is 0 Å². The van der Waals surface area contributed by atoms with Crippen molar-refractivity contribution in [3.8, 4) is 0 Å². The van der Waals surface area contributed by atoms with E-state index >= 15 is 0 Å². The lowest BCUT2D eigenvalue weighted by molar-refractivity contribution is -0.179. The van der Waals surface area contributed by atoms with Gasteiger partial charge >= 0.3 is 11.9 Å². The van der Waals surface area contributed by atoms with Crippen LogP contribution in [0.1, 0.15) is 100 Å². The van der Waals surface area contributed by atoms with Crippen LogP contribution in [-0.2, 0) is 32.7 Å². The van der Waals surface area contributed by atoms with Crippen LogP contribution in [0.5, 0.6) is 0 Å². The molecule has 0 radical (unpaired) electrons. The molecule has 0 N–H and O–H groups in total. The topological polar surface area (TPSA) is 88.1 Å². The van der Waals surface area contributed by atoms with E-state index in [1.165, 1.54) is 0 Å². The van der Waals surface area contributed by atoms with Crippen LogP contribution in [0.4, 0.5) is 0 Å². The average molecular weight is 561 g/mol. The Bertz CT molecular complexity index is 634. The van der Waals surface area contributed by atoms with Crippen LogP contribution in [0.2, 0.25) is 36.3 Å². The molecule has 0 unspecified atom stereocenters. The molecule has 0 fully saturated rings. The van der Waals surface area contributed by atoms with E-state index in [0.29, 0.717) is 19.4 Å². The summed E-state index contributed by atoms with van der Waals surface area (Å²) in [6.45, 7) is 17.6. The molecule has 0 aliphatic carbocycles. The molecular formula is C28H56O7Si2. The maximum atomic E-state index is 13.1. The number of ether oxygens (including phenoxy) is 2. The zero-order valence-electron chi connectivity index (χ0n) is 25.1. The molecule has 0 amide bonds. The summed E-state index contributed by atoms with van der Waals surface area (Å²) in [6.07, 6.45) is 3.36. The van der Waals surface area contributed by atoms with E-state index in [4.69, 9.17) is 18.3 Å². The van der Waals surface area contributed by atoms with Crippen LogP contribution in [0, 0.1) is 0 Å². The van der Waals surface area contributed by atoms with Gasteiger partial charge in [0.2, 0.25) is 0 Å². The second-order valence-corrected chi connectivity index (χ2v) is 19.6. The highest BCUT2D eigenvalue weighted by Crippen LogP contribution is 2.37. The van der Waals surface area contributed by atoms with Gasteiger partial charge in [0.15, 0.2) is 16.6 Å². The van der Waals surface area contributed by atoms with E-state index in [0.717, 1.165) is 55.4 Å². The number of unbranched alkanes of at least 4 members (excludes halogenated alkanes) is 1. The number of hydrogen-bond acceptors (Lipinski definition) is 7. The van der Waals surface area contributed by atoms with Crippen LogP contribution >= 0.6 is 0 Å². The number of esters is 2. The fraction of sp³-hybridized carbons (Fsp3) is 0.893. The highest BCUT2D eigenvalue weighted by Gasteiger charge is 2.47. The standard InChI is InChI=1S/C28H56O7Si2/c1-9-17-21-28(22-18-23-29,34-27(31)20-19-26(30)32-10-2)25(35-37(14-6,15-7)16-8)24-33-36(11-3,12-4)13-5/h23,25H,9-22,24H2,1-8H3/t25-,28+/m1/s1. The Morgan fingerprint density at radius 3 is 1.78 bits per heavy atom. The van der Waals surface area contributed by atoms with Crippen molar-refractivity contribution in [2.24, 2.45) is 0 Å². The van der Waals surface area contributed by atoms with Gasteiger partial charge < -0.3 is 23.1 Å². The van der Waals surface area contributed by atoms with E-state index in [2.05, 4.69) is 48.5 Å². The lowest BCUT2D eigenvalue weighted by atomic mass is 9.86. The molecule has 0 aromatic carbocycles. The molecule has 0 saturated carbocycles. The Kier molecular flexibility index (Phi) is 18.6. The van der Waals surface area contributed by atoms with Gasteiger partial charge in [-0.3, -0.25) is 9.59 Å². The average Bonchev–Trinajstić information content (AvgIpc) is 2.92. The van der Waals surface area contributed by atoms with Gasteiger partial charge in [0, 0.05) is 6.42 Å². The number of hydrogen-bond donors (Lipinski definition) is 0. The highest BCUT2D eigenvalue weighted by molar-refractivity contribution is 6.74. The molecule has 7 nitrogen and oxygen atoms in total. The molecule has 0 bridgehead atoms. The van der Waals surface area contributed by atoms with Crippen molar-refractivity contribution < 1.29 is 32.7 Å². The van der Waals surface area contributed by atoms with Crippen LogP contribution in [-0.4, -0.2) is 59.8 Å². The van der Waals surface area contributed by atoms with Crippen molar-refractivity contribution in [2.75, 3.05) is 13.2 Å². The molecule has 0 rings (SSSR count). The summed E-state index contributed by atoms with van der Waals surface area (Å²) in [7, 11) is -4.05. The Balaban J connectivity index is 6.46. The SMILES string of the molecule is CCCC[C@@](CCC=O)(OC(=O)CCC(=O)OCC)[C@@H](CO[Si](CC)(CC)CC)O[Si](CC)(CC)CC. The van der Waals surface area contributed by atoms with E-state index in [-0.39, 0.29) is 25.9 Å². The van der Waals surface area contributed by atoms with Gasteiger partial charge in [-0.2, -0.15) is 0 Å². The summed E-state index contributed by atoms with van der Waals surface area (Å²) in [5, 5.41) is 0. The van der Waals surface area contributed by atoms with Gasteiger partial charge in [-0.25, -0.2) is 0 Å². The first-order valence-corrected chi connectivity index (χ1v) is 19.8. The molecule has 0 spiro atoms. The predicted molar refractivity (Wildman–Crippen MR) is 155 cm³/mol. The summed E-state index contributed by atoms with van der Waals surface area (Å²) in [5.41, 5.74) is -0.976. The fourth-order valence-electron chi connectivity index (χ4n) is 5.01.